The maximum atomic E-state index is 13.4. The monoisotopic (exact) mass is 537 g/mol. The second kappa shape index (κ2) is 15.6. The fourth-order valence-corrected chi connectivity index (χ4v) is 4.31. The number of amides is 2. The molecular weight excluding hydrogens is 498 g/mol. The van der Waals surface area contributed by atoms with Crippen LogP contribution in [0.25, 0.3) is 0 Å². The number of rotatable bonds is 13. The fourth-order valence-electron chi connectivity index (χ4n) is 4.31. The summed E-state index contributed by atoms with van der Waals surface area (Å²) in [6, 6.07) is 15.8. The van der Waals surface area contributed by atoms with Crippen LogP contribution in [-0.4, -0.2) is 48.4 Å². The highest BCUT2D eigenvalue weighted by atomic mass is 16.5. The van der Waals surface area contributed by atoms with Crippen molar-refractivity contribution in [3.63, 3.8) is 0 Å². The van der Waals surface area contributed by atoms with Gasteiger partial charge in [0.05, 0.1) is 12.5 Å². The van der Waals surface area contributed by atoms with Gasteiger partial charge in [-0.05, 0) is 42.9 Å². The second-order valence-corrected chi connectivity index (χ2v) is 10.2. The molecule has 0 spiro atoms. The molecule has 3 rings (SSSR count). The Morgan fingerprint density at radius 3 is 2.03 bits per heavy atom. The van der Waals surface area contributed by atoms with Crippen LogP contribution in [0.4, 0.5) is 0 Å². The Balaban J connectivity index is 1.67. The molecule has 0 unspecified atom stereocenters. The first-order chi connectivity index (χ1) is 18.8. The van der Waals surface area contributed by atoms with Crippen molar-refractivity contribution in [3.8, 4) is 0 Å². The van der Waals surface area contributed by atoms with Gasteiger partial charge >= 0.3 is 11.9 Å². The van der Waals surface area contributed by atoms with Gasteiger partial charge in [-0.15, -0.1) is 0 Å². The Morgan fingerprint density at radius 2 is 1.46 bits per heavy atom. The number of carbonyl (C=O) groups is 4. The summed E-state index contributed by atoms with van der Waals surface area (Å²) < 4.78 is 10.8. The molecule has 2 aromatic rings. The average Bonchev–Trinajstić information content (AvgIpc) is 2.95. The van der Waals surface area contributed by atoms with E-state index in [4.69, 9.17) is 9.47 Å². The Hall–Kier alpha value is -3.72. The van der Waals surface area contributed by atoms with E-state index in [0.717, 1.165) is 24.0 Å². The Bertz CT molecular complexity index is 1070. The van der Waals surface area contributed by atoms with E-state index >= 15 is 0 Å². The van der Waals surface area contributed by atoms with Gasteiger partial charge in [0.25, 0.3) is 0 Å². The van der Waals surface area contributed by atoms with Crippen molar-refractivity contribution in [2.45, 2.75) is 77.3 Å². The van der Waals surface area contributed by atoms with Crippen LogP contribution in [0.3, 0.4) is 0 Å². The van der Waals surface area contributed by atoms with Gasteiger partial charge in [0.15, 0.2) is 0 Å². The lowest BCUT2D eigenvalue weighted by molar-refractivity contribution is -0.150. The first-order valence-corrected chi connectivity index (χ1v) is 13.6. The summed E-state index contributed by atoms with van der Waals surface area (Å²) in [5, 5.41) is 8.57. The van der Waals surface area contributed by atoms with Crippen molar-refractivity contribution in [3.05, 3.63) is 71.8 Å². The molecule has 0 radical (unpaired) electrons. The minimum absolute atomic E-state index is 0.0495. The summed E-state index contributed by atoms with van der Waals surface area (Å²) in [7, 11) is 0. The highest BCUT2D eigenvalue weighted by Crippen LogP contribution is 2.12. The quantitative estimate of drug-likeness (QED) is 0.336. The number of ether oxygens (including phenoxy) is 2. The van der Waals surface area contributed by atoms with Gasteiger partial charge in [0.2, 0.25) is 11.8 Å². The van der Waals surface area contributed by atoms with Crippen LogP contribution in [0.15, 0.2) is 60.7 Å². The van der Waals surface area contributed by atoms with Gasteiger partial charge in [0, 0.05) is 0 Å². The Kier molecular flexibility index (Phi) is 12.0. The lowest BCUT2D eigenvalue weighted by atomic mass is 10.0. The van der Waals surface area contributed by atoms with E-state index in [1.807, 2.05) is 74.5 Å². The molecule has 0 saturated carbocycles. The van der Waals surface area contributed by atoms with E-state index in [9.17, 15) is 19.2 Å². The van der Waals surface area contributed by atoms with Crippen LogP contribution in [0.1, 0.15) is 57.1 Å². The summed E-state index contributed by atoms with van der Waals surface area (Å²) in [4.78, 5) is 51.9. The number of nitrogens with one attached hydrogen (secondary N) is 3. The number of piperidine rings is 1. The van der Waals surface area contributed by atoms with E-state index in [0.29, 0.717) is 19.4 Å². The highest BCUT2D eigenvalue weighted by Gasteiger charge is 2.32. The smallest absolute Gasteiger partial charge is 0.328 e. The lowest BCUT2D eigenvalue weighted by Gasteiger charge is -2.27. The van der Waals surface area contributed by atoms with Crippen LogP contribution >= 0.6 is 0 Å². The van der Waals surface area contributed by atoms with Crippen LogP contribution in [0, 0.1) is 5.92 Å². The summed E-state index contributed by atoms with van der Waals surface area (Å²) in [6.45, 7) is 4.69. The molecule has 3 N–H and O–H groups in total. The summed E-state index contributed by atoms with van der Waals surface area (Å²) in [5.41, 5.74) is 1.63. The Morgan fingerprint density at radius 1 is 0.846 bits per heavy atom. The van der Waals surface area contributed by atoms with Crippen LogP contribution in [0.5, 0.6) is 0 Å². The van der Waals surface area contributed by atoms with Crippen molar-refractivity contribution in [2.24, 2.45) is 5.92 Å². The largest absolute Gasteiger partial charge is 0.461 e. The molecule has 2 amide bonds. The number of carbonyl (C=O) groups excluding carboxylic acids is 4. The fraction of sp³-hybridized carbons (Fsp3) is 0.467. The minimum atomic E-state index is -1.21. The molecule has 0 aromatic heterocycles. The molecule has 1 aliphatic heterocycles. The molecular formula is C30H39N3O6. The maximum Gasteiger partial charge on any atom is 0.328 e. The van der Waals surface area contributed by atoms with Crippen molar-refractivity contribution in [1.29, 1.82) is 0 Å². The normalized spacial score (nSPS) is 16.5. The molecule has 2 aromatic carbocycles. The molecule has 39 heavy (non-hydrogen) atoms. The predicted octanol–water partition coefficient (Wildman–Crippen LogP) is 3.02. The van der Waals surface area contributed by atoms with Crippen LogP contribution in [0.2, 0.25) is 0 Å². The molecule has 3 atom stereocenters. The zero-order valence-corrected chi connectivity index (χ0v) is 22.7. The van der Waals surface area contributed by atoms with Crippen molar-refractivity contribution in [2.75, 3.05) is 6.54 Å². The molecule has 1 aliphatic rings. The third-order valence-corrected chi connectivity index (χ3v) is 6.41. The van der Waals surface area contributed by atoms with E-state index in [-0.39, 0.29) is 31.5 Å². The third kappa shape index (κ3) is 10.5. The highest BCUT2D eigenvalue weighted by molar-refractivity contribution is 5.94. The molecule has 0 bridgehead atoms. The first-order valence-electron chi connectivity index (χ1n) is 13.6. The molecule has 1 heterocycles. The average molecular weight is 538 g/mol. The SMILES string of the molecule is CC(C)C[C@H](NC(=O)[C@H](CC(=O)OCc1ccccc1)NC(=O)[C@@H]1CCCCN1)C(=O)OCc1ccccc1. The molecule has 1 saturated heterocycles. The van der Waals surface area contributed by atoms with Gasteiger partial charge in [-0.2, -0.15) is 0 Å². The predicted molar refractivity (Wildman–Crippen MR) is 146 cm³/mol. The maximum absolute atomic E-state index is 13.4. The van der Waals surface area contributed by atoms with Crippen molar-refractivity contribution >= 4 is 23.8 Å². The zero-order chi connectivity index (χ0) is 28.0. The molecule has 9 heteroatoms. The van der Waals surface area contributed by atoms with Gasteiger partial charge in [-0.25, -0.2) is 4.79 Å². The standard InChI is InChI=1S/C30H39N3O6/c1-21(2)17-26(30(37)39-20-23-13-7-4-8-14-23)33-29(36)25(32-28(35)24-15-9-10-16-31-24)18-27(34)38-19-22-11-5-3-6-12-22/h3-8,11-14,21,24-26,31H,9-10,15-20H2,1-2H3,(H,32,35)(H,33,36)/t24-,25-,26-/m0/s1. The van der Waals surface area contributed by atoms with Crippen LogP contribution < -0.4 is 16.0 Å². The van der Waals surface area contributed by atoms with Gasteiger partial charge in [-0.1, -0.05) is 80.9 Å². The number of hydrogen-bond donors (Lipinski definition) is 3. The van der Waals surface area contributed by atoms with E-state index < -0.39 is 36.0 Å². The summed E-state index contributed by atoms with van der Waals surface area (Å²) >= 11 is 0. The molecule has 1 fully saturated rings. The van der Waals surface area contributed by atoms with Crippen molar-refractivity contribution < 1.29 is 28.7 Å². The third-order valence-electron chi connectivity index (χ3n) is 6.41. The van der Waals surface area contributed by atoms with Crippen LogP contribution in [-0.2, 0) is 41.9 Å². The minimum Gasteiger partial charge on any atom is -0.461 e. The summed E-state index contributed by atoms with van der Waals surface area (Å²) in [5.74, 6) is -2.14. The number of esters is 2. The molecule has 9 nitrogen and oxygen atoms in total. The number of benzene rings is 2. The Labute approximate surface area is 230 Å². The lowest BCUT2D eigenvalue weighted by Crippen LogP contribution is -2.56. The van der Waals surface area contributed by atoms with E-state index in [2.05, 4.69) is 16.0 Å². The molecule has 210 valence electrons. The molecule has 0 aliphatic carbocycles. The van der Waals surface area contributed by atoms with Gasteiger partial charge in [-0.3, -0.25) is 14.4 Å². The zero-order valence-electron chi connectivity index (χ0n) is 22.7. The van der Waals surface area contributed by atoms with Gasteiger partial charge < -0.3 is 25.4 Å². The first kappa shape index (κ1) is 29.8. The van der Waals surface area contributed by atoms with E-state index in [1.165, 1.54) is 0 Å². The second-order valence-electron chi connectivity index (χ2n) is 10.2. The van der Waals surface area contributed by atoms with Gasteiger partial charge in [0.1, 0.15) is 25.3 Å². The topological polar surface area (TPSA) is 123 Å². The number of hydrogen-bond acceptors (Lipinski definition) is 7. The van der Waals surface area contributed by atoms with Crippen molar-refractivity contribution in [1.82, 2.24) is 16.0 Å². The summed E-state index contributed by atoms with van der Waals surface area (Å²) in [6.07, 6.45) is 2.47. The van der Waals surface area contributed by atoms with E-state index in [1.54, 1.807) is 0 Å².